The van der Waals surface area contributed by atoms with Crippen molar-refractivity contribution in [3.05, 3.63) is 41.8 Å². The Bertz CT molecular complexity index is 742. The summed E-state index contributed by atoms with van der Waals surface area (Å²) in [6.45, 7) is 0.0904. The molecule has 0 unspecified atom stereocenters. The molecule has 2 aromatic heterocycles. The highest BCUT2D eigenvalue weighted by atomic mass is 19.1. The maximum absolute atomic E-state index is 13.5. The Morgan fingerprint density at radius 3 is 2.95 bits per heavy atom. The zero-order chi connectivity index (χ0) is 13.9. The first-order valence-electron chi connectivity index (χ1n) is 6.03. The Labute approximate surface area is 114 Å². The molecule has 20 heavy (non-hydrogen) atoms. The molecule has 0 saturated heterocycles. The summed E-state index contributed by atoms with van der Waals surface area (Å²) in [4.78, 5) is 8.40. The molecule has 102 valence electrons. The van der Waals surface area contributed by atoms with Crippen molar-refractivity contribution >= 4 is 17.0 Å². The number of nitrogens with one attached hydrogen (secondary N) is 2. The first-order chi connectivity index (χ1) is 9.78. The quantitative estimate of drug-likeness (QED) is 0.761. The van der Waals surface area contributed by atoms with Gasteiger partial charge in [0.1, 0.15) is 17.8 Å². The van der Waals surface area contributed by atoms with Gasteiger partial charge in [-0.15, -0.1) is 0 Å². The number of halogens is 1. The molecule has 0 bridgehead atoms. The van der Waals surface area contributed by atoms with Crippen molar-refractivity contribution in [2.45, 2.75) is 6.61 Å². The first kappa shape index (κ1) is 12.3. The largest absolute Gasteiger partial charge is 0.472 e. The number of nitrogens with zero attached hydrogens (tertiary/aromatic N) is 3. The number of hydrogen-bond acceptors (Lipinski definition) is 5. The summed E-state index contributed by atoms with van der Waals surface area (Å²) in [6.07, 6.45) is 1.57. The third-order valence-corrected chi connectivity index (χ3v) is 2.82. The van der Waals surface area contributed by atoms with Crippen molar-refractivity contribution in [1.29, 1.82) is 0 Å². The van der Waals surface area contributed by atoms with E-state index in [4.69, 9.17) is 4.74 Å². The Balaban J connectivity index is 1.90. The molecule has 2 heterocycles. The summed E-state index contributed by atoms with van der Waals surface area (Å²) < 4.78 is 19.1. The number of fused-ring (bicyclic) bond motifs is 1. The molecule has 3 rings (SSSR count). The van der Waals surface area contributed by atoms with E-state index in [1.165, 1.54) is 6.07 Å². The number of hydrogen-bond donors (Lipinski definition) is 2. The second kappa shape index (κ2) is 5.12. The van der Waals surface area contributed by atoms with Gasteiger partial charge in [0.05, 0.1) is 6.20 Å². The minimum absolute atomic E-state index is 0.0904. The van der Waals surface area contributed by atoms with Gasteiger partial charge < -0.3 is 10.1 Å². The number of aromatic amines is 1. The van der Waals surface area contributed by atoms with Crippen LogP contribution in [0.2, 0.25) is 0 Å². The number of aromatic nitrogens is 4. The number of benzene rings is 1. The van der Waals surface area contributed by atoms with E-state index in [2.05, 4.69) is 25.5 Å². The molecular weight excluding hydrogens is 261 g/mol. The van der Waals surface area contributed by atoms with Crippen molar-refractivity contribution in [3.8, 4) is 5.88 Å². The first-order valence-corrected chi connectivity index (χ1v) is 6.03. The molecule has 6 nitrogen and oxygen atoms in total. The van der Waals surface area contributed by atoms with E-state index in [1.807, 2.05) is 0 Å². The van der Waals surface area contributed by atoms with Crippen LogP contribution in [0.4, 0.5) is 10.3 Å². The molecule has 3 aromatic rings. The fraction of sp³-hybridized carbons (Fsp3) is 0.154. The minimum atomic E-state index is -0.307. The molecule has 2 N–H and O–H groups in total. The lowest BCUT2D eigenvalue weighted by Gasteiger charge is -2.08. The van der Waals surface area contributed by atoms with Gasteiger partial charge in [-0.05, 0) is 6.07 Å². The summed E-state index contributed by atoms with van der Waals surface area (Å²) in [6, 6.07) is 6.46. The summed E-state index contributed by atoms with van der Waals surface area (Å²) in [5, 5.41) is 10.1. The average molecular weight is 273 g/mol. The van der Waals surface area contributed by atoms with E-state index in [0.29, 0.717) is 28.4 Å². The van der Waals surface area contributed by atoms with Crippen molar-refractivity contribution in [1.82, 2.24) is 20.2 Å². The molecule has 0 atom stereocenters. The molecule has 1 aromatic carbocycles. The maximum atomic E-state index is 13.5. The Hall–Kier alpha value is -2.70. The zero-order valence-corrected chi connectivity index (χ0v) is 10.7. The number of H-pyrrole nitrogens is 1. The average Bonchev–Trinajstić information content (AvgIpc) is 2.94. The predicted molar refractivity (Wildman–Crippen MR) is 72.0 cm³/mol. The molecule has 0 aliphatic rings. The SMILES string of the molecule is CNc1nc(OCc2ccccc2F)c2cn[nH]c2n1. The third kappa shape index (κ3) is 2.25. The van der Waals surface area contributed by atoms with Crippen molar-refractivity contribution in [3.63, 3.8) is 0 Å². The van der Waals surface area contributed by atoms with E-state index in [9.17, 15) is 4.39 Å². The Morgan fingerprint density at radius 1 is 1.30 bits per heavy atom. The fourth-order valence-corrected chi connectivity index (χ4v) is 1.79. The lowest BCUT2D eigenvalue weighted by Crippen LogP contribution is -2.03. The van der Waals surface area contributed by atoms with Crippen LogP contribution in [0, 0.1) is 5.82 Å². The molecule has 0 saturated carbocycles. The highest BCUT2D eigenvalue weighted by Crippen LogP contribution is 2.23. The zero-order valence-electron chi connectivity index (χ0n) is 10.7. The molecule has 7 heteroatoms. The van der Waals surface area contributed by atoms with Gasteiger partial charge in [0.25, 0.3) is 0 Å². The Morgan fingerprint density at radius 2 is 2.15 bits per heavy atom. The van der Waals surface area contributed by atoms with Gasteiger partial charge in [-0.1, -0.05) is 18.2 Å². The molecular formula is C13H12FN5O. The number of anilines is 1. The molecule has 0 aliphatic heterocycles. The molecule has 0 fully saturated rings. The van der Waals surface area contributed by atoms with Gasteiger partial charge in [-0.2, -0.15) is 15.1 Å². The second-order valence-electron chi connectivity index (χ2n) is 4.11. The normalized spacial score (nSPS) is 10.7. The van der Waals surface area contributed by atoms with Gasteiger partial charge in [0.2, 0.25) is 11.8 Å². The van der Waals surface area contributed by atoms with Crippen LogP contribution in [0.3, 0.4) is 0 Å². The van der Waals surface area contributed by atoms with Crippen LogP contribution in [-0.2, 0) is 6.61 Å². The number of rotatable bonds is 4. The van der Waals surface area contributed by atoms with Crippen LogP contribution in [-0.4, -0.2) is 27.2 Å². The third-order valence-electron chi connectivity index (χ3n) is 2.82. The summed E-state index contributed by atoms with van der Waals surface area (Å²) in [5.41, 5.74) is 1.03. The summed E-state index contributed by atoms with van der Waals surface area (Å²) >= 11 is 0. The topological polar surface area (TPSA) is 75.7 Å². The summed E-state index contributed by atoms with van der Waals surface area (Å²) in [5.74, 6) is 0.459. The Kier molecular flexibility index (Phi) is 3.16. The summed E-state index contributed by atoms with van der Waals surface area (Å²) in [7, 11) is 1.71. The molecule has 0 amide bonds. The van der Waals surface area contributed by atoms with Crippen LogP contribution in [0.1, 0.15) is 5.56 Å². The van der Waals surface area contributed by atoms with Gasteiger partial charge in [0, 0.05) is 12.6 Å². The van der Waals surface area contributed by atoms with Crippen LogP contribution in [0.25, 0.3) is 11.0 Å². The predicted octanol–water partition coefficient (Wildman–Crippen LogP) is 2.11. The van der Waals surface area contributed by atoms with Gasteiger partial charge in [-0.3, -0.25) is 5.10 Å². The van der Waals surface area contributed by atoms with Crippen molar-refractivity contribution < 1.29 is 9.13 Å². The van der Waals surface area contributed by atoms with E-state index in [-0.39, 0.29) is 12.4 Å². The van der Waals surface area contributed by atoms with Crippen molar-refractivity contribution in [2.75, 3.05) is 12.4 Å². The smallest absolute Gasteiger partial charge is 0.229 e. The van der Waals surface area contributed by atoms with Crippen LogP contribution < -0.4 is 10.1 Å². The molecule has 0 radical (unpaired) electrons. The van der Waals surface area contributed by atoms with Crippen LogP contribution in [0.5, 0.6) is 5.88 Å². The lowest BCUT2D eigenvalue weighted by molar-refractivity contribution is 0.292. The van der Waals surface area contributed by atoms with Crippen molar-refractivity contribution in [2.24, 2.45) is 0 Å². The van der Waals surface area contributed by atoms with E-state index < -0.39 is 0 Å². The standard InChI is InChI=1S/C13H12FN5O/c1-15-13-17-11-9(6-16-19-11)12(18-13)20-7-8-4-2-3-5-10(8)14/h2-6H,7H2,1H3,(H2,15,16,17,18,19). The molecule has 0 spiro atoms. The number of ether oxygens (including phenoxy) is 1. The van der Waals surface area contributed by atoms with Gasteiger partial charge in [-0.25, -0.2) is 4.39 Å². The van der Waals surface area contributed by atoms with E-state index in [1.54, 1.807) is 31.4 Å². The van der Waals surface area contributed by atoms with Gasteiger partial charge >= 0.3 is 0 Å². The second-order valence-corrected chi connectivity index (χ2v) is 4.11. The van der Waals surface area contributed by atoms with Crippen LogP contribution in [0.15, 0.2) is 30.5 Å². The lowest BCUT2D eigenvalue weighted by atomic mass is 10.2. The van der Waals surface area contributed by atoms with Crippen LogP contribution >= 0.6 is 0 Å². The molecule has 0 aliphatic carbocycles. The monoisotopic (exact) mass is 273 g/mol. The van der Waals surface area contributed by atoms with E-state index in [0.717, 1.165) is 0 Å². The highest BCUT2D eigenvalue weighted by molar-refractivity contribution is 5.80. The highest BCUT2D eigenvalue weighted by Gasteiger charge is 2.11. The van der Waals surface area contributed by atoms with E-state index >= 15 is 0 Å². The maximum Gasteiger partial charge on any atom is 0.229 e. The van der Waals surface area contributed by atoms with Gasteiger partial charge in [0.15, 0.2) is 5.65 Å². The minimum Gasteiger partial charge on any atom is -0.472 e. The fourth-order valence-electron chi connectivity index (χ4n) is 1.79.